The van der Waals surface area contributed by atoms with Gasteiger partial charge in [-0.15, -0.1) is 0 Å². The molecule has 0 aromatic heterocycles. The van der Waals surface area contributed by atoms with Gasteiger partial charge in [0.25, 0.3) is 0 Å². The maximum absolute atomic E-state index is 12.1. The number of aliphatic hydroxyl groups excluding tert-OH is 1. The Labute approximate surface area is 96.3 Å². The predicted octanol–water partition coefficient (Wildman–Crippen LogP) is 2.13. The minimum absolute atomic E-state index is 0.167. The van der Waals surface area contributed by atoms with Crippen LogP contribution in [-0.2, 0) is 17.6 Å². The summed E-state index contributed by atoms with van der Waals surface area (Å²) in [4.78, 5) is 12.1. The Kier molecular flexibility index (Phi) is 2.85. The van der Waals surface area contributed by atoms with Crippen LogP contribution in [0.2, 0.25) is 0 Å². The molecule has 1 aliphatic carbocycles. The van der Waals surface area contributed by atoms with E-state index in [1.165, 1.54) is 5.56 Å². The van der Waals surface area contributed by atoms with Crippen molar-refractivity contribution >= 4 is 5.78 Å². The first-order chi connectivity index (χ1) is 7.58. The maximum atomic E-state index is 12.1. The molecular formula is C14H18O2. The molecule has 2 atom stereocenters. The van der Waals surface area contributed by atoms with Crippen molar-refractivity contribution in [3.63, 3.8) is 0 Å². The lowest BCUT2D eigenvalue weighted by Gasteiger charge is -2.37. The number of aliphatic hydroxyl groups is 1. The van der Waals surface area contributed by atoms with Crippen LogP contribution in [0.25, 0.3) is 0 Å². The smallest absolute Gasteiger partial charge is 0.146 e. The lowest BCUT2D eigenvalue weighted by molar-refractivity contribution is -0.134. The number of fused-ring (bicyclic) bond motifs is 1. The molecule has 2 unspecified atom stereocenters. The summed E-state index contributed by atoms with van der Waals surface area (Å²) in [5.74, 6) is 0.167. The van der Waals surface area contributed by atoms with Crippen LogP contribution >= 0.6 is 0 Å². The number of hydrogen-bond acceptors (Lipinski definition) is 2. The van der Waals surface area contributed by atoms with Crippen LogP contribution in [0, 0.1) is 5.41 Å². The third-order valence-electron chi connectivity index (χ3n) is 3.79. The lowest BCUT2D eigenvalue weighted by Crippen LogP contribution is -2.45. The molecule has 1 N–H and O–H groups in total. The van der Waals surface area contributed by atoms with E-state index in [0.29, 0.717) is 19.3 Å². The molecule has 2 rings (SSSR count). The van der Waals surface area contributed by atoms with Crippen molar-refractivity contribution in [1.82, 2.24) is 0 Å². The first-order valence-corrected chi connectivity index (χ1v) is 5.86. The van der Waals surface area contributed by atoms with E-state index in [1.54, 1.807) is 0 Å². The zero-order valence-corrected chi connectivity index (χ0v) is 9.86. The Morgan fingerprint density at radius 2 is 2.00 bits per heavy atom. The number of carbonyl (C=O) groups is 1. The molecule has 1 aromatic carbocycles. The van der Waals surface area contributed by atoms with Crippen molar-refractivity contribution in [3.8, 4) is 0 Å². The molecule has 0 spiro atoms. The van der Waals surface area contributed by atoms with Gasteiger partial charge in [-0.05, 0) is 30.9 Å². The Morgan fingerprint density at radius 3 is 2.62 bits per heavy atom. The summed E-state index contributed by atoms with van der Waals surface area (Å²) in [6, 6.07) is 8.02. The van der Waals surface area contributed by atoms with E-state index in [-0.39, 0.29) is 5.78 Å². The Morgan fingerprint density at radius 1 is 1.38 bits per heavy atom. The fraction of sp³-hybridized carbons (Fsp3) is 0.500. The molecule has 0 radical (unpaired) electrons. The Bertz CT molecular complexity index is 411. The second-order valence-electron chi connectivity index (χ2n) is 4.89. The minimum atomic E-state index is -0.594. The highest BCUT2D eigenvalue weighted by Crippen LogP contribution is 2.36. The fourth-order valence-corrected chi connectivity index (χ4v) is 2.53. The average molecular weight is 218 g/mol. The molecule has 0 saturated heterocycles. The minimum Gasteiger partial charge on any atom is -0.392 e. The van der Waals surface area contributed by atoms with Gasteiger partial charge in [-0.2, -0.15) is 0 Å². The van der Waals surface area contributed by atoms with Crippen LogP contribution in [0.4, 0.5) is 0 Å². The number of rotatable bonds is 2. The molecule has 1 aliphatic rings. The third-order valence-corrected chi connectivity index (χ3v) is 3.79. The van der Waals surface area contributed by atoms with E-state index in [2.05, 4.69) is 6.07 Å². The molecule has 0 fully saturated rings. The summed E-state index contributed by atoms with van der Waals surface area (Å²) >= 11 is 0. The van der Waals surface area contributed by atoms with E-state index in [9.17, 15) is 9.90 Å². The van der Waals surface area contributed by atoms with Gasteiger partial charge in [0.2, 0.25) is 0 Å². The van der Waals surface area contributed by atoms with E-state index in [0.717, 1.165) is 5.56 Å². The van der Waals surface area contributed by atoms with E-state index in [4.69, 9.17) is 0 Å². The SMILES string of the molecule is CCC(O)C1(C)Cc2ccccc2CC1=O. The number of Topliss-reactive ketones (excluding diaryl/α,β-unsaturated/α-hetero) is 1. The van der Waals surface area contributed by atoms with Crippen LogP contribution < -0.4 is 0 Å². The van der Waals surface area contributed by atoms with Crippen molar-refractivity contribution < 1.29 is 9.90 Å². The van der Waals surface area contributed by atoms with Crippen molar-refractivity contribution in [2.45, 2.75) is 39.2 Å². The largest absolute Gasteiger partial charge is 0.392 e. The van der Waals surface area contributed by atoms with Gasteiger partial charge >= 0.3 is 0 Å². The highest BCUT2D eigenvalue weighted by atomic mass is 16.3. The van der Waals surface area contributed by atoms with E-state index >= 15 is 0 Å². The normalized spacial score (nSPS) is 26.3. The van der Waals surface area contributed by atoms with Gasteiger partial charge < -0.3 is 5.11 Å². The quantitative estimate of drug-likeness (QED) is 0.825. The first kappa shape index (κ1) is 11.3. The predicted molar refractivity (Wildman–Crippen MR) is 63.3 cm³/mol. The highest BCUT2D eigenvalue weighted by molar-refractivity contribution is 5.89. The van der Waals surface area contributed by atoms with Gasteiger partial charge in [0.1, 0.15) is 5.78 Å². The third kappa shape index (κ3) is 1.67. The topological polar surface area (TPSA) is 37.3 Å². The summed E-state index contributed by atoms with van der Waals surface area (Å²) in [5, 5.41) is 10.0. The van der Waals surface area contributed by atoms with Gasteiger partial charge in [-0.3, -0.25) is 4.79 Å². The van der Waals surface area contributed by atoms with Crippen molar-refractivity contribution in [2.24, 2.45) is 5.41 Å². The van der Waals surface area contributed by atoms with Gasteiger partial charge in [-0.1, -0.05) is 31.2 Å². The molecule has 2 nitrogen and oxygen atoms in total. The second-order valence-corrected chi connectivity index (χ2v) is 4.89. The maximum Gasteiger partial charge on any atom is 0.146 e. The molecule has 16 heavy (non-hydrogen) atoms. The zero-order chi connectivity index (χ0) is 11.8. The summed E-state index contributed by atoms with van der Waals surface area (Å²) in [6.45, 7) is 3.81. The van der Waals surface area contributed by atoms with Crippen LogP contribution in [-0.4, -0.2) is 17.0 Å². The Hall–Kier alpha value is -1.15. The summed E-state index contributed by atoms with van der Waals surface area (Å²) < 4.78 is 0. The van der Waals surface area contributed by atoms with Crippen molar-refractivity contribution in [2.75, 3.05) is 0 Å². The van der Waals surface area contributed by atoms with Crippen molar-refractivity contribution in [1.29, 1.82) is 0 Å². The monoisotopic (exact) mass is 218 g/mol. The highest BCUT2D eigenvalue weighted by Gasteiger charge is 2.42. The lowest BCUT2D eigenvalue weighted by atomic mass is 9.68. The second kappa shape index (κ2) is 4.02. The molecule has 1 aromatic rings. The molecular weight excluding hydrogens is 200 g/mol. The van der Waals surface area contributed by atoms with Gasteiger partial charge in [0.15, 0.2) is 0 Å². The molecule has 86 valence electrons. The molecule has 0 saturated carbocycles. The summed E-state index contributed by atoms with van der Waals surface area (Å²) in [5.41, 5.74) is 1.73. The van der Waals surface area contributed by atoms with Gasteiger partial charge in [0.05, 0.1) is 11.5 Å². The van der Waals surface area contributed by atoms with Crippen LogP contribution in [0.3, 0.4) is 0 Å². The molecule has 2 heteroatoms. The molecule has 0 heterocycles. The summed E-state index contributed by atoms with van der Waals surface area (Å²) in [7, 11) is 0. The van der Waals surface area contributed by atoms with E-state index < -0.39 is 11.5 Å². The number of hydrogen-bond donors (Lipinski definition) is 1. The van der Waals surface area contributed by atoms with Gasteiger partial charge in [-0.25, -0.2) is 0 Å². The zero-order valence-electron chi connectivity index (χ0n) is 9.86. The Balaban J connectivity index is 2.37. The van der Waals surface area contributed by atoms with Crippen LogP contribution in [0.15, 0.2) is 24.3 Å². The standard InChI is InChI=1S/C14H18O2/c1-3-12(15)14(2)9-11-7-5-4-6-10(11)8-13(14)16/h4-7,12,15H,3,8-9H2,1-2H3. The number of ketones is 1. The summed E-state index contributed by atoms with van der Waals surface area (Å²) in [6.07, 6.45) is 1.22. The van der Waals surface area contributed by atoms with Crippen LogP contribution in [0.5, 0.6) is 0 Å². The number of benzene rings is 1. The number of carbonyl (C=O) groups excluding carboxylic acids is 1. The fourth-order valence-electron chi connectivity index (χ4n) is 2.53. The molecule has 0 bridgehead atoms. The molecule has 0 aliphatic heterocycles. The van der Waals surface area contributed by atoms with Crippen molar-refractivity contribution in [3.05, 3.63) is 35.4 Å². The van der Waals surface area contributed by atoms with Gasteiger partial charge in [0, 0.05) is 6.42 Å². The van der Waals surface area contributed by atoms with E-state index in [1.807, 2.05) is 32.0 Å². The molecule has 0 amide bonds. The average Bonchev–Trinajstić information content (AvgIpc) is 2.29. The first-order valence-electron chi connectivity index (χ1n) is 5.86. The van der Waals surface area contributed by atoms with Crippen LogP contribution in [0.1, 0.15) is 31.4 Å².